The molecule has 3 nitrogen and oxygen atoms in total. The second-order valence-electron chi connectivity index (χ2n) is 4.17. The molecule has 0 atom stereocenters. The third-order valence-electron chi connectivity index (χ3n) is 2.80. The van der Waals surface area contributed by atoms with Gasteiger partial charge in [-0.1, -0.05) is 17.7 Å². The van der Waals surface area contributed by atoms with Crippen LogP contribution in [0.25, 0.3) is 0 Å². The molecule has 0 unspecified atom stereocenters. The fourth-order valence-corrected chi connectivity index (χ4v) is 1.97. The van der Waals surface area contributed by atoms with Gasteiger partial charge in [0.05, 0.1) is 13.7 Å². The number of halogens is 2. The summed E-state index contributed by atoms with van der Waals surface area (Å²) in [7, 11) is 1.41. The maximum atomic E-state index is 13.5. The van der Waals surface area contributed by atoms with Gasteiger partial charge in [-0.3, -0.25) is 0 Å². The van der Waals surface area contributed by atoms with Gasteiger partial charge in [0.25, 0.3) is 0 Å². The lowest BCUT2D eigenvalue weighted by Gasteiger charge is -2.11. The van der Waals surface area contributed by atoms with Crippen LogP contribution >= 0.6 is 11.6 Å². The van der Waals surface area contributed by atoms with E-state index in [-0.39, 0.29) is 19.0 Å². The molecule has 0 saturated carbocycles. The Balaban J connectivity index is 2.10. The largest absolute Gasteiger partial charge is 0.494 e. The summed E-state index contributed by atoms with van der Waals surface area (Å²) in [5.41, 5.74) is 1.26. The van der Waals surface area contributed by atoms with Crippen LogP contribution in [-0.2, 0) is 13.2 Å². The van der Waals surface area contributed by atoms with Crippen LogP contribution in [-0.4, -0.2) is 12.2 Å². The fourth-order valence-electron chi connectivity index (χ4n) is 1.77. The lowest BCUT2D eigenvalue weighted by atomic mass is 10.2. The van der Waals surface area contributed by atoms with Gasteiger partial charge in [0, 0.05) is 10.6 Å². The SMILES string of the molecule is COc1ccc(COc2ccc(Cl)cc2CO)cc1F. The minimum absolute atomic E-state index is 0.174. The number of hydrogen-bond acceptors (Lipinski definition) is 3. The van der Waals surface area contributed by atoms with Crippen LogP contribution in [0.15, 0.2) is 36.4 Å². The molecule has 1 N–H and O–H groups in total. The van der Waals surface area contributed by atoms with Crippen LogP contribution < -0.4 is 9.47 Å². The minimum atomic E-state index is -0.438. The molecule has 2 aromatic carbocycles. The van der Waals surface area contributed by atoms with Crippen LogP contribution in [0.5, 0.6) is 11.5 Å². The van der Waals surface area contributed by atoms with Gasteiger partial charge in [-0.2, -0.15) is 0 Å². The first-order valence-electron chi connectivity index (χ1n) is 5.98. The molecule has 0 fully saturated rings. The van der Waals surface area contributed by atoms with Crippen molar-refractivity contribution in [1.82, 2.24) is 0 Å². The minimum Gasteiger partial charge on any atom is -0.494 e. The number of aliphatic hydroxyl groups is 1. The van der Waals surface area contributed by atoms with Gasteiger partial charge in [-0.15, -0.1) is 0 Å². The Morgan fingerprint density at radius 1 is 1.15 bits per heavy atom. The van der Waals surface area contributed by atoms with Gasteiger partial charge < -0.3 is 14.6 Å². The summed E-state index contributed by atoms with van der Waals surface area (Å²) in [5.74, 6) is 0.275. The molecule has 2 aromatic rings. The number of ether oxygens (including phenoxy) is 2. The smallest absolute Gasteiger partial charge is 0.165 e. The number of methoxy groups -OCH3 is 1. The first-order chi connectivity index (χ1) is 9.63. The van der Waals surface area contributed by atoms with E-state index in [4.69, 9.17) is 21.1 Å². The average Bonchev–Trinajstić information content (AvgIpc) is 2.46. The zero-order valence-corrected chi connectivity index (χ0v) is 11.7. The topological polar surface area (TPSA) is 38.7 Å². The highest BCUT2D eigenvalue weighted by molar-refractivity contribution is 6.30. The monoisotopic (exact) mass is 296 g/mol. The van der Waals surface area contributed by atoms with Gasteiger partial charge in [0.1, 0.15) is 12.4 Å². The van der Waals surface area contributed by atoms with E-state index in [1.807, 2.05) is 0 Å². The number of benzene rings is 2. The van der Waals surface area contributed by atoms with Crippen LogP contribution in [0.3, 0.4) is 0 Å². The molecule has 106 valence electrons. The molecule has 0 aromatic heterocycles. The van der Waals surface area contributed by atoms with Gasteiger partial charge in [0.15, 0.2) is 11.6 Å². The van der Waals surface area contributed by atoms with Crippen molar-refractivity contribution in [2.24, 2.45) is 0 Å². The molecule has 0 saturated heterocycles. The van der Waals surface area contributed by atoms with Crippen LogP contribution in [0.4, 0.5) is 4.39 Å². The number of rotatable bonds is 5. The number of hydrogen-bond donors (Lipinski definition) is 1. The van der Waals surface area contributed by atoms with Crippen molar-refractivity contribution in [1.29, 1.82) is 0 Å². The van der Waals surface area contributed by atoms with Crippen LogP contribution in [0, 0.1) is 5.82 Å². The Labute approximate surface area is 121 Å². The molecule has 0 bridgehead atoms. The molecule has 0 spiro atoms. The summed E-state index contributed by atoms with van der Waals surface area (Å²) in [6.07, 6.45) is 0. The highest BCUT2D eigenvalue weighted by Gasteiger charge is 2.07. The van der Waals surface area contributed by atoms with E-state index in [1.54, 1.807) is 30.3 Å². The van der Waals surface area contributed by atoms with Gasteiger partial charge in [-0.25, -0.2) is 4.39 Å². The standard InChI is InChI=1S/C15H14ClFO3/c1-19-15-4-2-10(6-13(15)17)9-20-14-5-3-12(16)7-11(14)8-18/h2-7,18H,8-9H2,1H3. The van der Waals surface area contributed by atoms with Gasteiger partial charge in [-0.05, 0) is 35.9 Å². The lowest BCUT2D eigenvalue weighted by molar-refractivity contribution is 0.258. The molecule has 0 aliphatic heterocycles. The van der Waals surface area contributed by atoms with Crippen molar-refractivity contribution in [3.05, 3.63) is 58.4 Å². The fraction of sp³-hybridized carbons (Fsp3) is 0.200. The lowest BCUT2D eigenvalue weighted by Crippen LogP contribution is -2.00. The Morgan fingerprint density at radius 3 is 2.55 bits per heavy atom. The third kappa shape index (κ3) is 3.40. The third-order valence-corrected chi connectivity index (χ3v) is 3.04. The normalized spacial score (nSPS) is 10.4. The predicted molar refractivity (Wildman–Crippen MR) is 74.7 cm³/mol. The van der Waals surface area contributed by atoms with Crippen molar-refractivity contribution in [2.75, 3.05) is 7.11 Å². The summed E-state index contributed by atoms with van der Waals surface area (Å²) in [6.45, 7) is 0.0163. The summed E-state index contributed by atoms with van der Waals surface area (Å²) in [4.78, 5) is 0. The Hall–Kier alpha value is -1.78. The van der Waals surface area contributed by atoms with Crippen molar-refractivity contribution in [2.45, 2.75) is 13.2 Å². The second kappa shape index (κ2) is 6.59. The average molecular weight is 297 g/mol. The van der Waals surface area contributed by atoms with E-state index in [9.17, 15) is 9.50 Å². The summed E-state index contributed by atoms with van der Waals surface area (Å²) < 4.78 is 24.0. The van der Waals surface area contributed by atoms with E-state index in [2.05, 4.69) is 0 Å². The van der Waals surface area contributed by atoms with Crippen molar-refractivity contribution in [3.63, 3.8) is 0 Å². The zero-order valence-electron chi connectivity index (χ0n) is 10.9. The first-order valence-corrected chi connectivity index (χ1v) is 6.36. The summed E-state index contributed by atoms with van der Waals surface area (Å²) in [5, 5.41) is 9.76. The molecule has 0 radical (unpaired) electrons. The van der Waals surface area contributed by atoms with Crippen molar-refractivity contribution < 1.29 is 19.0 Å². The molecule has 2 rings (SSSR count). The molecule has 0 aliphatic carbocycles. The molecular formula is C15H14ClFO3. The summed E-state index contributed by atoms with van der Waals surface area (Å²) in [6, 6.07) is 9.59. The van der Waals surface area contributed by atoms with Gasteiger partial charge in [0.2, 0.25) is 0 Å². The second-order valence-corrected chi connectivity index (χ2v) is 4.60. The van der Waals surface area contributed by atoms with E-state index in [0.29, 0.717) is 21.9 Å². The molecule has 5 heteroatoms. The van der Waals surface area contributed by atoms with Crippen LogP contribution in [0.1, 0.15) is 11.1 Å². The van der Waals surface area contributed by atoms with Crippen LogP contribution in [0.2, 0.25) is 5.02 Å². The Bertz CT molecular complexity index is 602. The Kier molecular flexibility index (Phi) is 4.82. The molecule has 20 heavy (non-hydrogen) atoms. The molecule has 0 heterocycles. The highest BCUT2D eigenvalue weighted by atomic mass is 35.5. The van der Waals surface area contributed by atoms with Crippen molar-refractivity contribution >= 4 is 11.6 Å². The maximum Gasteiger partial charge on any atom is 0.165 e. The van der Waals surface area contributed by atoms with E-state index in [0.717, 1.165) is 0 Å². The highest BCUT2D eigenvalue weighted by Crippen LogP contribution is 2.24. The quantitative estimate of drug-likeness (QED) is 0.917. The maximum absolute atomic E-state index is 13.5. The zero-order chi connectivity index (χ0) is 14.5. The van der Waals surface area contributed by atoms with Crippen molar-refractivity contribution in [3.8, 4) is 11.5 Å². The molecular weight excluding hydrogens is 283 g/mol. The van der Waals surface area contributed by atoms with Gasteiger partial charge >= 0.3 is 0 Å². The number of aliphatic hydroxyl groups excluding tert-OH is 1. The summed E-state index contributed by atoms with van der Waals surface area (Å²) >= 11 is 5.84. The Morgan fingerprint density at radius 2 is 1.90 bits per heavy atom. The van der Waals surface area contributed by atoms with E-state index >= 15 is 0 Å². The first kappa shape index (κ1) is 14.6. The molecule has 0 amide bonds. The molecule has 0 aliphatic rings. The predicted octanol–water partition coefficient (Wildman–Crippen LogP) is 3.56. The van der Waals surface area contributed by atoms with E-state index in [1.165, 1.54) is 13.2 Å². The van der Waals surface area contributed by atoms with E-state index < -0.39 is 5.82 Å².